The van der Waals surface area contributed by atoms with Crippen molar-refractivity contribution in [2.45, 2.75) is 38.6 Å². The van der Waals surface area contributed by atoms with Crippen molar-refractivity contribution in [2.75, 3.05) is 11.9 Å². The van der Waals surface area contributed by atoms with Gasteiger partial charge in [-0.15, -0.1) is 0 Å². The largest absolute Gasteiger partial charge is 0.453 e. The Kier molecular flexibility index (Phi) is 4.45. The van der Waals surface area contributed by atoms with Gasteiger partial charge in [0.2, 0.25) is 0 Å². The summed E-state index contributed by atoms with van der Waals surface area (Å²) in [6.45, 7) is 7.09. The molecule has 0 saturated heterocycles. The molecule has 0 unspecified atom stereocenters. The highest BCUT2D eigenvalue weighted by Crippen LogP contribution is 2.41. The van der Waals surface area contributed by atoms with Crippen LogP contribution in [0.1, 0.15) is 44.4 Å². The van der Waals surface area contributed by atoms with Crippen LogP contribution >= 0.6 is 11.6 Å². The van der Waals surface area contributed by atoms with Crippen LogP contribution in [0, 0.1) is 5.82 Å². The molecule has 3 nitrogen and oxygen atoms in total. The predicted molar refractivity (Wildman–Crippen MR) is 96.7 cm³/mol. The number of nitrogens with one attached hydrogen (secondary N) is 1. The number of nitrogens with two attached hydrogens (primary N) is 1. The van der Waals surface area contributed by atoms with E-state index in [0.29, 0.717) is 17.7 Å². The van der Waals surface area contributed by atoms with Crippen molar-refractivity contribution < 1.29 is 9.13 Å². The highest BCUT2D eigenvalue weighted by Gasteiger charge is 2.30. The molecule has 0 amide bonds. The summed E-state index contributed by atoms with van der Waals surface area (Å²) in [6, 6.07) is 8.57. The molecule has 1 aliphatic rings. The Hall–Kier alpha value is -1.78. The van der Waals surface area contributed by atoms with Crippen LogP contribution in [0.15, 0.2) is 30.3 Å². The number of halogens is 2. The van der Waals surface area contributed by atoms with Crippen LogP contribution in [-0.2, 0) is 5.41 Å². The second-order valence-electron chi connectivity index (χ2n) is 6.84. The first kappa shape index (κ1) is 17.1. The van der Waals surface area contributed by atoms with Crippen molar-refractivity contribution in [1.82, 2.24) is 0 Å². The van der Waals surface area contributed by atoms with Crippen LogP contribution < -0.4 is 15.8 Å². The maximum atomic E-state index is 14.8. The second kappa shape index (κ2) is 6.26. The molecule has 0 bridgehead atoms. The zero-order valence-corrected chi connectivity index (χ0v) is 14.9. The Labute approximate surface area is 147 Å². The number of fused-ring (bicyclic) bond motifs is 1. The van der Waals surface area contributed by atoms with Gasteiger partial charge < -0.3 is 15.8 Å². The molecule has 0 radical (unpaired) electrons. The van der Waals surface area contributed by atoms with Crippen LogP contribution in [0.3, 0.4) is 0 Å². The fourth-order valence-electron chi connectivity index (χ4n) is 2.98. The third kappa shape index (κ3) is 2.96. The van der Waals surface area contributed by atoms with E-state index in [4.69, 9.17) is 22.1 Å². The number of anilines is 1. The number of hydrogen-bond donors (Lipinski definition) is 2. The van der Waals surface area contributed by atoms with Crippen molar-refractivity contribution in [3.63, 3.8) is 0 Å². The van der Waals surface area contributed by atoms with Gasteiger partial charge in [-0.25, -0.2) is 4.39 Å². The number of ether oxygens (including phenoxy) is 1. The minimum Gasteiger partial charge on any atom is -0.453 e. The molecule has 0 aliphatic carbocycles. The highest BCUT2D eigenvalue weighted by molar-refractivity contribution is 6.32. The molecule has 2 aromatic rings. The van der Waals surface area contributed by atoms with E-state index in [1.54, 1.807) is 12.1 Å². The van der Waals surface area contributed by atoms with Crippen LogP contribution in [-0.4, -0.2) is 6.54 Å². The molecule has 1 heterocycles. The van der Waals surface area contributed by atoms with E-state index in [1.807, 2.05) is 25.1 Å². The molecule has 0 saturated carbocycles. The molecule has 0 fully saturated rings. The van der Waals surface area contributed by atoms with Crippen molar-refractivity contribution >= 4 is 17.3 Å². The average molecular weight is 349 g/mol. The zero-order valence-electron chi connectivity index (χ0n) is 14.1. The number of benzene rings is 2. The summed E-state index contributed by atoms with van der Waals surface area (Å²) in [6.07, 6.45) is 0.636. The molecule has 1 atom stereocenters. The van der Waals surface area contributed by atoms with Gasteiger partial charge in [0.1, 0.15) is 5.75 Å². The van der Waals surface area contributed by atoms with Gasteiger partial charge in [0.25, 0.3) is 0 Å². The lowest BCUT2D eigenvalue weighted by Crippen LogP contribution is -2.18. The fourth-order valence-corrected chi connectivity index (χ4v) is 3.16. The smallest absolute Gasteiger partial charge is 0.181 e. The summed E-state index contributed by atoms with van der Waals surface area (Å²) in [4.78, 5) is 0. The van der Waals surface area contributed by atoms with Gasteiger partial charge in [0.05, 0.1) is 5.02 Å². The van der Waals surface area contributed by atoms with Crippen molar-refractivity contribution in [3.8, 4) is 11.5 Å². The molecule has 3 rings (SSSR count). The zero-order chi connectivity index (χ0) is 17.5. The molecule has 5 heteroatoms. The second-order valence-corrected chi connectivity index (χ2v) is 7.25. The summed E-state index contributed by atoms with van der Waals surface area (Å²) in [7, 11) is 0. The molecule has 0 spiro atoms. The van der Waals surface area contributed by atoms with Crippen LogP contribution in [0.25, 0.3) is 0 Å². The SMILES string of the molecule is CC[C@@H](N)c1ccc(Cl)c(Oc2ccc3c(c2)C(C)(C)CN3)c1F. The van der Waals surface area contributed by atoms with Gasteiger partial charge in [-0.05, 0) is 36.2 Å². The monoisotopic (exact) mass is 348 g/mol. The van der Waals surface area contributed by atoms with Crippen molar-refractivity contribution in [1.29, 1.82) is 0 Å². The molecule has 0 aromatic heterocycles. The van der Waals surface area contributed by atoms with Gasteiger partial charge in [0, 0.05) is 29.3 Å². The van der Waals surface area contributed by atoms with E-state index < -0.39 is 5.82 Å². The van der Waals surface area contributed by atoms with E-state index in [2.05, 4.69) is 19.2 Å². The Morgan fingerprint density at radius 1 is 1.33 bits per heavy atom. The van der Waals surface area contributed by atoms with Crippen LogP contribution in [0.4, 0.5) is 10.1 Å². The molecular weight excluding hydrogens is 327 g/mol. The van der Waals surface area contributed by atoms with E-state index in [9.17, 15) is 4.39 Å². The van der Waals surface area contributed by atoms with E-state index in [1.165, 1.54) is 0 Å². The topological polar surface area (TPSA) is 47.3 Å². The van der Waals surface area contributed by atoms with E-state index in [-0.39, 0.29) is 22.2 Å². The van der Waals surface area contributed by atoms with E-state index >= 15 is 0 Å². The number of rotatable bonds is 4. The normalized spacial score (nSPS) is 16.4. The van der Waals surface area contributed by atoms with Crippen LogP contribution in [0.2, 0.25) is 5.02 Å². The Morgan fingerprint density at radius 2 is 2.08 bits per heavy atom. The van der Waals surface area contributed by atoms with Crippen molar-refractivity contribution in [3.05, 3.63) is 52.3 Å². The molecule has 1 aliphatic heterocycles. The van der Waals surface area contributed by atoms with Gasteiger partial charge >= 0.3 is 0 Å². The predicted octanol–water partition coefficient (Wildman–Crippen LogP) is 5.38. The van der Waals surface area contributed by atoms with Gasteiger partial charge in [-0.1, -0.05) is 38.4 Å². The first-order valence-corrected chi connectivity index (χ1v) is 8.51. The minimum atomic E-state index is -0.491. The maximum Gasteiger partial charge on any atom is 0.181 e. The summed E-state index contributed by atoms with van der Waals surface area (Å²) in [5.41, 5.74) is 8.62. The Morgan fingerprint density at radius 3 is 2.79 bits per heavy atom. The molecule has 24 heavy (non-hydrogen) atoms. The standard InChI is InChI=1S/C19H22ClFN2O/c1-4-15(22)12-6-7-14(20)18(17(12)21)24-11-5-8-16-13(9-11)19(2,3)10-23-16/h5-9,15,23H,4,10,22H2,1-3H3/t15-/m1/s1. The quantitative estimate of drug-likeness (QED) is 0.779. The molecular formula is C19H22ClFN2O. The average Bonchev–Trinajstić information content (AvgIpc) is 2.86. The lowest BCUT2D eigenvalue weighted by atomic mass is 9.87. The molecule has 3 N–H and O–H groups in total. The lowest BCUT2D eigenvalue weighted by molar-refractivity contribution is 0.433. The fraction of sp³-hybridized carbons (Fsp3) is 0.368. The Bertz CT molecular complexity index is 776. The molecule has 2 aromatic carbocycles. The summed E-state index contributed by atoms with van der Waals surface area (Å²) >= 11 is 6.15. The highest BCUT2D eigenvalue weighted by atomic mass is 35.5. The third-order valence-corrected chi connectivity index (χ3v) is 4.88. The maximum absolute atomic E-state index is 14.8. The van der Waals surface area contributed by atoms with Crippen molar-refractivity contribution in [2.24, 2.45) is 5.73 Å². The van der Waals surface area contributed by atoms with Gasteiger partial charge in [0.15, 0.2) is 11.6 Å². The minimum absolute atomic E-state index is 0.00343. The van der Waals surface area contributed by atoms with E-state index in [0.717, 1.165) is 17.8 Å². The molecule has 128 valence electrons. The first-order chi connectivity index (χ1) is 11.3. The van der Waals surface area contributed by atoms with Gasteiger partial charge in [-0.3, -0.25) is 0 Å². The first-order valence-electron chi connectivity index (χ1n) is 8.13. The summed E-state index contributed by atoms with van der Waals surface area (Å²) < 4.78 is 20.6. The summed E-state index contributed by atoms with van der Waals surface area (Å²) in [5, 5.41) is 3.60. The third-order valence-electron chi connectivity index (χ3n) is 4.58. The summed E-state index contributed by atoms with van der Waals surface area (Å²) in [5.74, 6) is 0.102. The Balaban J connectivity index is 1.98. The van der Waals surface area contributed by atoms with Gasteiger partial charge in [-0.2, -0.15) is 0 Å². The van der Waals surface area contributed by atoms with Crippen LogP contribution in [0.5, 0.6) is 11.5 Å². The number of hydrogen-bond acceptors (Lipinski definition) is 3. The lowest BCUT2D eigenvalue weighted by Gasteiger charge is -2.19.